The monoisotopic (exact) mass is 438 g/mol. The number of nitrogens with zero attached hydrogens (tertiary/aromatic N) is 4. The first-order chi connectivity index (χ1) is 13.4. The summed E-state index contributed by atoms with van der Waals surface area (Å²) in [6, 6.07) is 12.8. The van der Waals surface area contributed by atoms with E-state index in [1.54, 1.807) is 36.0 Å². The predicted octanol–water partition coefficient (Wildman–Crippen LogP) is 3.39. The molecule has 4 aromatic rings. The summed E-state index contributed by atoms with van der Waals surface area (Å²) in [7, 11) is 0. The summed E-state index contributed by atoms with van der Waals surface area (Å²) in [5.41, 5.74) is 1.85. The number of hydrogen-bond acceptors (Lipinski definition) is 4. The van der Waals surface area contributed by atoms with E-state index in [1.165, 1.54) is 4.68 Å². The minimum Gasteiger partial charge on any atom is -0.480 e. The maximum atomic E-state index is 12.8. The van der Waals surface area contributed by atoms with Crippen LogP contribution in [0.5, 0.6) is 0 Å². The van der Waals surface area contributed by atoms with Gasteiger partial charge >= 0.3 is 5.97 Å². The second kappa shape index (κ2) is 7.05. The molecule has 0 unspecified atom stereocenters. The van der Waals surface area contributed by atoms with Crippen LogP contribution in [0.15, 0.2) is 63.0 Å². The second-order valence-corrected chi connectivity index (χ2v) is 7.22. The molecule has 0 aliphatic carbocycles. The number of fused-ring (bicyclic) bond motifs is 2. The average molecular weight is 439 g/mol. The van der Waals surface area contributed by atoms with Gasteiger partial charge in [0.2, 0.25) is 0 Å². The molecule has 2 aromatic carbocycles. The first kappa shape index (κ1) is 18.1. The highest BCUT2D eigenvalue weighted by Gasteiger charge is 2.11. The van der Waals surface area contributed by atoms with Crippen LogP contribution in [-0.2, 0) is 11.3 Å². The van der Waals surface area contributed by atoms with Gasteiger partial charge in [0.15, 0.2) is 0 Å². The van der Waals surface area contributed by atoms with E-state index in [2.05, 4.69) is 26.0 Å². The molecule has 0 fully saturated rings. The van der Waals surface area contributed by atoms with Crippen molar-refractivity contribution in [2.24, 2.45) is 5.10 Å². The van der Waals surface area contributed by atoms with Gasteiger partial charge in [-0.2, -0.15) is 9.78 Å². The number of aromatic nitrogens is 3. The Balaban J connectivity index is 1.84. The summed E-state index contributed by atoms with van der Waals surface area (Å²) in [5.74, 6) is -0.467. The van der Waals surface area contributed by atoms with Crippen molar-refractivity contribution in [1.29, 1.82) is 0 Å². The smallest absolute Gasteiger partial charge is 0.323 e. The summed E-state index contributed by atoms with van der Waals surface area (Å²) in [6.45, 7) is 1.56. The molecule has 0 aliphatic heterocycles. The number of aliphatic carboxylic acids is 1. The van der Waals surface area contributed by atoms with Crippen molar-refractivity contribution >= 4 is 49.9 Å². The fourth-order valence-electron chi connectivity index (χ4n) is 3.17. The molecule has 140 valence electrons. The molecule has 1 N–H and O–H groups in total. The van der Waals surface area contributed by atoms with E-state index in [0.29, 0.717) is 16.7 Å². The summed E-state index contributed by atoms with van der Waals surface area (Å²) in [6.07, 6.45) is 3.27. The first-order valence-corrected chi connectivity index (χ1v) is 9.26. The normalized spacial score (nSPS) is 11.6. The van der Waals surface area contributed by atoms with Crippen LogP contribution in [0.3, 0.4) is 0 Å². The third-order valence-corrected chi connectivity index (χ3v) is 4.90. The highest BCUT2D eigenvalue weighted by atomic mass is 79.9. The van der Waals surface area contributed by atoms with Crippen molar-refractivity contribution in [2.75, 3.05) is 0 Å². The van der Waals surface area contributed by atoms with E-state index in [1.807, 2.05) is 30.3 Å². The van der Waals surface area contributed by atoms with Gasteiger partial charge in [-0.15, -0.1) is 0 Å². The van der Waals surface area contributed by atoms with Crippen LogP contribution in [0.1, 0.15) is 11.4 Å². The van der Waals surface area contributed by atoms with Crippen LogP contribution in [-0.4, -0.2) is 31.5 Å². The molecular weight excluding hydrogens is 424 g/mol. The molecule has 0 saturated heterocycles. The topological polar surface area (TPSA) is 89.5 Å². The third kappa shape index (κ3) is 3.22. The van der Waals surface area contributed by atoms with Gasteiger partial charge in [0, 0.05) is 27.1 Å². The minimum absolute atomic E-state index is 0.154. The SMILES string of the molecule is Cc1nc2ccc(Br)cc2c(=O)n1N=Cc1cn(CC(=O)O)c2ccccc12. The Hall–Kier alpha value is -3.26. The molecule has 0 atom stereocenters. The van der Waals surface area contributed by atoms with Crippen molar-refractivity contribution in [2.45, 2.75) is 13.5 Å². The van der Waals surface area contributed by atoms with Gasteiger partial charge in [-0.1, -0.05) is 34.1 Å². The number of benzene rings is 2. The number of hydrogen-bond donors (Lipinski definition) is 1. The Morgan fingerprint density at radius 3 is 2.82 bits per heavy atom. The predicted molar refractivity (Wildman–Crippen MR) is 111 cm³/mol. The van der Waals surface area contributed by atoms with E-state index in [0.717, 1.165) is 20.9 Å². The number of halogens is 1. The van der Waals surface area contributed by atoms with Crippen LogP contribution in [0.2, 0.25) is 0 Å². The van der Waals surface area contributed by atoms with Gasteiger partial charge in [-0.05, 0) is 31.2 Å². The Kier molecular flexibility index (Phi) is 4.56. The molecule has 2 heterocycles. The molecule has 7 nitrogen and oxygen atoms in total. The molecule has 2 aromatic heterocycles. The summed E-state index contributed by atoms with van der Waals surface area (Å²) < 4.78 is 3.68. The highest BCUT2D eigenvalue weighted by Crippen LogP contribution is 2.20. The molecule has 28 heavy (non-hydrogen) atoms. The Morgan fingerprint density at radius 2 is 2.04 bits per heavy atom. The van der Waals surface area contributed by atoms with Crippen LogP contribution in [0.4, 0.5) is 0 Å². The lowest BCUT2D eigenvalue weighted by Crippen LogP contribution is -2.20. The van der Waals surface area contributed by atoms with Crippen LogP contribution < -0.4 is 5.56 Å². The number of rotatable bonds is 4. The van der Waals surface area contributed by atoms with Crippen molar-refractivity contribution in [1.82, 2.24) is 14.2 Å². The Bertz CT molecular complexity index is 1320. The third-order valence-electron chi connectivity index (χ3n) is 4.41. The van der Waals surface area contributed by atoms with E-state index in [4.69, 9.17) is 5.11 Å². The summed E-state index contributed by atoms with van der Waals surface area (Å²) in [4.78, 5) is 28.4. The summed E-state index contributed by atoms with van der Waals surface area (Å²) in [5, 5.41) is 14.8. The lowest BCUT2D eigenvalue weighted by atomic mass is 10.2. The second-order valence-electron chi connectivity index (χ2n) is 6.31. The zero-order chi connectivity index (χ0) is 19.8. The molecule has 0 radical (unpaired) electrons. The Morgan fingerprint density at radius 1 is 1.25 bits per heavy atom. The van der Waals surface area contributed by atoms with Crippen LogP contribution in [0, 0.1) is 6.92 Å². The van der Waals surface area contributed by atoms with Crippen molar-refractivity contribution in [3.8, 4) is 0 Å². The molecule has 0 aliphatic rings. The molecule has 8 heteroatoms. The number of para-hydroxylation sites is 1. The van der Waals surface area contributed by atoms with E-state index in [-0.39, 0.29) is 12.1 Å². The zero-order valence-corrected chi connectivity index (χ0v) is 16.4. The molecule has 0 amide bonds. The quantitative estimate of drug-likeness (QED) is 0.494. The molecule has 0 bridgehead atoms. The van der Waals surface area contributed by atoms with Gasteiger partial charge in [0.25, 0.3) is 5.56 Å². The maximum Gasteiger partial charge on any atom is 0.323 e. The standard InChI is InChI=1S/C20H15BrN4O3/c1-12-23-17-7-6-14(21)8-16(17)20(28)25(12)22-9-13-10-24(11-19(26)27)18-5-3-2-4-15(13)18/h2-10H,11H2,1H3,(H,26,27). The number of aryl methyl sites for hydroxylation is 1. The van der Waals surface area contributed by atoms with Gasteiger partial charge in [0.05, 0.1) is 17.1 Å². The van der Waals surface area contributed by atoms with Gasteiger partial charge in [-0.25, -0.2) is 4.98 Å². The maximum absolute atomic E-state index is 12.8. The molecule has 0 spiro atoms. The van der Waals surface area contributed by atoms with E-state index < -0.39 is 5.97 Å². The lowest BCUT2D eigenvalue weighted by Gasteiger charge is -2.05. The van der Waals surface area contributed by atoms with E-state index >= 15 is 0 Å². The lowest BCUT2D eigenvalue weighted by molar-refractivity contribution is -0.137. The minimum atomic E-state index is -0.930. The Labute approximate surface area is 167 Å². The van der Waals surface area contributed by atoms with Crippen molar-refractivity contribution < 1.29 is 9.90 Å². The molecular formula is C20H15BrN4O3. The van der Waals surface area contributed by atoms with Crippen molar-refractivity contribution in [3.63, 3.8) is 0 Å². The number of carboxylic acids is 1. The first-order valence-electron chi connectivity index (χ1n) is 8.47. The van der Waals surface area contributed by atoms with Crippen molar-refractivity contribution in [3.05, 3.63) is 74.9 Å². The number of carboxylic acid groups (broad SMARTS) is 1. The number of carbonyl (C=O) groups is 1. The highest BCUT2D eigenvalue weighted by molar-refractivity contribution is 9.10. The molecule has 4 rings (SSSR count). The fraction of sp³-hybridized carbons (Fsp3) is 0.100. The largest absolute Gasteiger partial charge is 0.480 e. The van der Waals surface area contributed by atoms with Gasteiger partial charge in [0.1, 0.15) is 12.4 Å². The molecule has 0 saturated carbocycles. The van der Waals surface area contributed by atoms with Gasteiger partial charge in [-0.3, -0.25) is 9.59 Å². The summed E-state index contributed by atoms with van der Waals surface area (Å²) >= 11 is 3.37. The fourth-order valence-corrected chi connectivity index (χ4v) is 3.53. The van der Waals surface area contributed by atoms with Crippen LogP contribution >= 0.6 is 15.9 Å². The zero-order valence-electron chi connectivity index (χ0n) is 14.8. The van der Waals surface area contributed by atoms with Crippen LogP contribution in [0.25, 0.3) is 21.8 Å². The average Bonchev–Trinajstić information content (AvgIpc) is 2.99. The van der Waals surface area contributed by atoms with E-state index in [9.17, 15) is 9.59 Å². The van der Waals surface area contributed by atoms with Gasteiger partial charge < -0.3 is 9.67 Å².